The molecule has 0 bridgehead atoms. The van der Waals surface area contributed by atoms with E-state index in [1.165, 1.54) is 0 Å². The largest absolute Gasteiger partial charge is 0.417 e. The number of piperazine rings is 1. The van der Waals surface area contributed by atoms with Crippen LogP contribution in [0.15, 0.2) is 57.7 Å². The number of rotatable bonds is 5. The van der Waals surface area contributed by atoms with E-state index in [-0.39, 0.29) is 5.75 Å². The number of oxazole rings is 1. The molecule has 3 aromatic rings. The number of aromatic nitrogens is 1. The molecule has 7 nitrogen and oxygen atoms in total. The standard InChI is InChI=1S/C19H21N3O4S/c23-19-20-16-7-4-8-17(18(16)26-19)21-10-12-22(13-11-21)27(24,25)14-9-15-5-2-1-3-6-15/h1-8H,9-14H2,(H,20,23). The third-order valence-corrected chi connectivity index (χ3v) is 6.76. The van der Waals surface area contributed by atoms with Gasteiger partial charge in [-0.25, -0.2) is 13.2 Å². The quantitative estimate of drug-likeness (QED) is 0.722. The predicted molar refractivity (Wildman–Crippen MR) is 105 cm³/mol. The van der Waals surface area contributed by atoms with Gasteiger partial charge in [-0.15, -0.1) is 0 Å². The number of aromatic amines is 1. The van der Waals surface area contributed by atoms with E-state index in [4.69, 9.17) is 4.42 Å². The van der Waals surface area contributed by atoms with Gasteiger partial charge in [-0.3, -0.25) is 4.98 Å². The summed E-state index contributed by atoms with van der Waals surface area (Å²) in [4.78, 5) is 16.2. The van der Waals surface area contributed by atoms with Gasteiger partial charge in [0.25, 0.3) is 0 Å². The minimum absolute atomic E-state index is 0.110. The highest BCUT2D eigenvalue weighted by atomic mass is 32.2. The number of anilines is 1. The lowest BCUT2D eigenvalue weighted by molar-refractivity contribution is 0.384. The second-order valence-corrected chi connectivity index (χ2v) is 8.69. The van der Waals surface area contributed by atoms with Gasteiger partial charge in [0.05, 0.1) is 17.0 Å². The zero-order chi connectivity index (χ0) is 18.9. The molecule has 0 unspecified atom stereocenters. The second kappa shape index (κ2) is 7.21. The van der Waals surface area contributed by atoms with Crippen molar-refractivity contribution in [1.29, 1.82) is 0 Å². The van der Waals surface area contributed by atoms with Crippen LogP contribution in [-0.2, 0) is 16.4 Å². The van der Waals surface area contributed by atoms with E-state index in [2.05, 4.69) is 9.88 Å². The normalized spacial score (nSPS) is 16.1. The van der Waals surface area contributed by atoms with Crippen LogP contribution in [0.3, 0.4) is 0 Å². The molecule has 8 heteroatoms. The van der Waals surface area contributed by atoms with Crippen molar-refractivity contribution in [2.24, 2.45) is 0 Å². The molecule has 0 aliphatic carbocycles. The van der Waals surface area contributed by atoms with E-state index < -0.39 is 15.8 Å². The lowest BCUT2D eigenvalue weighted by Crippen LogP contribution is -2.49. The number of hydrogen-bond donors (Lipinski definition) is 1. The van der Waals surface area contributed by atoms with E-state index in [1.807, 2.05) is 42.5 Å². The second-order valence-electron chi connectivity index (χ2n) is 6.61. The lowest BCUT2D eigenvalue weighted by atomic mass is 10.2. The van der Waals surface area contributed by atoms with Crippen LogP contribution in [0.25, 0.3) is 11.1 Å². The first kappa shape index (κ1) is 17.8. The van der Waals surface area contributed by atoms with Gasteiger partial charge in [-0.2, -0.15) is 4.31 Å². The molecular formula is C19H21N3O4S. The number of para-hydroxylation sites is 1. The highest BCUT2D eigenvalue weighted by molar-refractivity contribution is 7.89. The number of aryl methyl sites for hydroxylation is 1. The van der Waals surface area contributed by atoms with Crippen LogP contribution in [0.5, 0.6) is 0 Å². The van der Waals surface area contributed by atoms with E-state index in [0.29, 0.717) is 43.7 Å². The van der Waals surface area contributed by atoms with Crippen LogP contribution < -0.4 is 10.7 Å². The fourth-order valence-electron chi connectivity index (χ4n) is 3.44. The van der Waals surface area contributed by atoms with Crippen molar-refractivity contribution in [1.82, 2.24) is 9.29 Å². The molecular weight excluding hydrogens is 366 g/mol. The number of sulfonamides is 1. The summed E-state index contributed by atoms with van der Waals surface area (Å²) in [7, 11) is -3.30. The Labute approximate surface area is 157 Å². The summed E-state index contributed by atoms with van der Waals surface area (Å²) in [6, 6.07) is 15.2. The average molecular weight is 387 g/mol. The van der Waals surface area contributed by atoms with Crippen molar-refractivity contribution in [3.8, 4) is 0 Å². The van der Waals surface area contributed by atoms with Crippen LogP contribution in [-0.4, -0.2) is 49.6 Å². The van der Waals surface area contributed by atoms with Crippen molar-refractivity contribution in [3.63, 3.8) is 0 Å². The van der Waals surface area contributed by atoms with Gasteiger partial charge in [0.1, 0.15) is 0 Å². The summed E-state index contributed by atoms with van der Waals surface area (Å²) < 4.78 is 32.1. The monoisotopic (exact) mass is 387 g/mol. The van der Waals surface area contributed by atoms with E-state index in [1.54, 1.807) is 10.4 Å². The SMILES string of the molecule is O=c1[nH]c2cccc(N3CCN(S(=O)(=O)CCc4ccccc4)CC3)c2o1. The average Bonchev–Trinajstić information content (AvgIpc) is 3.07. The van der Waals surface area contributed by atoms with Gasteiger partial charge < -0.3 is 9.32 Å². The first-order valence-corrected chi connectivity index (χ1v) is 10.5. The van der Waals surface area contributed by atoms with Gasteiger partial charge >= 0.3 is 5.76 Å². The highest BCUT2D eigenvalue weighted by Gasteiger charge is 2.27. The Hall–Kier alpha value is -2.58. The Balaban J connectivity index is 1.43. The van der Waals surface area contributed by atoms with Crippen LogP contribution in [0.4, 0.5) is 5.69 Å². The maximum atomic E-state index is 12.7. The molecule has 0 spiro atoms. The van der Waals surface area contributed by atoms with Gasteiger partial charge in [0, 0.05) is 26.2 Å². The molecule has 1 aliphatic rings. The maximum absolute atomic E-state index is 12.7. The van der Waals surface area contributed by atoms with Crippen LogP contribution in [0.2, 0.25) is 0 Å². The summed E-state index contributed by atoms with van der Waals surface area (Å²) in [6.45, 7) is 1.95. The van der Waals surface area contributed by atoms with Crippen LogP contribution >= 0.6 is 0 Å². The maximum Gasteiger partial charge on any atom is 0.417 e. The number of benzene rings is 2. The molecule has 1 aromatic heterocycles. The van der Waals surface area contributed by atoms with E-state index in [0.717, 1.165) is 11.3 Å². The van der Waals surface area contributed by atoms with E-state index in [9.17, 15) is 13.2 Å². The molecule has 0 amide bonds. The first-order valence-electron chi connectivity index (χ1n) is 8.91. The molecule has 1 fully saturated rings. The minimum Gasteiger partial charge on any atom is -0.406 e. The van der Waals surface area contributed by atoms with Crippen molar-refractivity contribution >= 4 is 26.8 Å². The molecule has 142 valence electrons. The van der Waals surface area contributed by atoms with Gasteiger partial charge in [0.2, 0.25) is 10.0 Å². The molecule has 2 aromatic carbocycles. The number of fused-ring (bicyclic) bond motifs is 1. The fraction of sp³-hybridized carbons (Fsp3) is 0.316. The molecule has 0 atom stereocenters. The lowest BCUT2D eigenvalue weighted by Gasteiger charge is -2.35. The number of hydrogen-bond acceptors (Lipinski definition) is 5. The number of nitrogens with one attached hydrogen (secondary N) is 1. The first-order chi connectivity index (χ1) is 13.0. The van der Waals surface area contributed by atoms with Gasteiger partial charge in [0.15, 0.2) is 5.58 Å². The van der Waals surface area contributed by atoms with Gasteiger partial charge in [-0.05, 0) is 24.1 Å². The minimum atomic E-state index is -3.30. The molecule has 0 saturated carbocycles. The summed E-state index contributed by atoms with van der Waals surface area (Å²) in [5, 5.41) is 0. The summed E-state index contributed by atoms with van der Waals surface area (Å²) in [5.74, 6) is -0.376. The third kappa shape index (κ3) is 3.77. The highest BCUT2D eigenvalue weighted by Crippen LogP contribution is 2.26. The third-order valence-electron chi connectivity index (χ3n) is 4.89. The fourth-order valence-corrected chi connectivity index (χ4v) is 4.91. The summed E-state index contributed by atoms with van der Waals surface area (Å²) >= 11 is 0. The number of nitrogens with zero attached hydrogens (tertiary/aromatic N) is 2. The molecule has 1 aliphatic heterocycles. The molecule has 1 N–H and O–H groups in total. The van der Waals surface area contributed by atoms with E-state index >= 15 is 0 Å². The smallest absolute Gasteiger partial charge is 0.406 e. The molecule has 27 heavy (non-hydrogen) atoms. The van der Waals surface area contributed by atoms with Crippen LogP contribution in [0.1, 0.15) is 5.56 Å². The molecule has 0 radical (unpaired) electrons. The molecule has 1 saturated heterocycles. The Morgan fingerprint density at radius 3 is 2.44 bits per heavy atom. The zero-order valence-electron chi connectivity index (χ0n) is 14.8. The zero-order valence-corrected chi connectivity index (χ0v) is 15.6. The van der Waals surface area contributed by atoms with Crippen molar-refractivity contribution in [3.05, 3.63) is 64.6 Å². The summed E-state index contributed by atoms with van der Waals surface area (Å²) in [5.41, 5.74) is 3.00. The predicted octanol–water partition coefficient (Wildman–Crippen LogP) is 1.82. The Morgan fingerprint density at radius 1 is 0.963 bits per heavy atom. The van der Waals surface area contributed by atoms with Crippen molar-refractivity contribution in [2.45, 2.75) is 6.42 Å². The Bertz CT molecular complexity index is 1080. The number of H-pyrrole nitrogens is 1. The Kier molecular flexibility index (Phi) is 4.75. The van der Waals surface area contributed by atoms with Gasteiger partial charge in [-0.1, -0.05) is 36.4 Å². The summed E-state index contributed by atoms with van der Waals surface area (Å²) in [6.07, 6.45) is 0.511. The van der Waals surface area contributed by atoms with Crippen molar-refractivity contribution < 1.29 is 12.8 Å². The van der Waals surface area contributed by atoms with Crippen LogP contribution in [0, 0.1) is 0 Å². The molecule has 2 heterocycles. The topological polar surface area (TPSA) is 86.6 Å². The Morgan fingerprint density at radius 2 is 1.70 bits per heavy atom. The van der Waals surface area contributed by atoms with Crippen molar-refractivity contribution in [2.75, 3.05) is 36.8 Å². The molecule has 4 rings (SSSR count).